The van der Waals surface area contributed by atoms with Crippen molar-refractivity contribution in [3.63, 3.8) is 0 Å². The van der Waals surface area contributed by atoms with Crippen molar-refractivity contribution in [1.82, 2.24) is 5.32 Å². The zero-order valence-corrected chi connectivity index (χ0v) is 11.1. The van der Waals surface area contributed by atoms with Crippen LogP contribution in [-0.2, 0) is 0 Å². The summed E-state index contributed by atoms with van der Waals surface area (Å²) in [6.45, 7) is 8.01. The molecule has 1 N–H and O–H groups in total. The minimum absolute atomic E-state index is 0.431. The molecule has 1 rings (SSSR count). The van der Waals surface area contributed by atoms with Crippen LogP contribution in [0.3, 0.4) is 0 Å². The predicted molar refractivity (Wildman–Crippen MR) is 71.8 cm³/mol. The average Bonchev–Trinajstić information content (AvgIpc) is 2.24. The molecule has 0 radical (unpaired) electrons. The summed E-state index contributed by atoms with van der Waals surface area (Å²) in [5.74, 6) is 0.644. The maximum absolute atomic E-state index is 3.30. The zero-order chi connectivity index (χ0) is 12.0. The zero-order valence-electron chi connectivity index (χ0n) is 11.1. The second-order valence-corrected chi connectivity index (χ2v) is 5.76. The molecular weight excluding hydrogens is 194 g/mol. The molecule has 0 fully saturated rings. The minimum Gasteiger partial charge on any atom is -0.319 e. The van der Waals surface area contributed by atoms with Crippen molar-refractivity contribution >= 4 is 0 Å². The molecule has 0 aliphatic carbocycles. The molecule has 0 spiro atoms. The number of hydrogen-bond acceptors (Lipinski definition) is 1. The lowest BCUT2D eigenvalue weighted by molar-refractivity contribution is 0.346. The van der Waals surface area contributed by atoms with Crippen LogP contribution in [0, 0.1) is 5.41 Å². The third-order valence-corrected chi connectivity index (χ3v) is 2.96. The Morgan fingerprint density at radius 2 is 1.75 bits per heavy atom. The summed E-state index contributed by atoms with van der Waals surface area (Å²) in [5.41, 5.74) is 1.89. The number of likely N-dealkylation sites (N-methyl/N-ethyl adjacent to an activating group) is 1. The second kappa shape index (κ2) is 6.05. The molecule has 16 heavy (non-hydrogen) atoms. The van der Waals surface area contributed by atoms with Gasteiger partial charge in [-0.2, -0.15) is 0 Å². The Hall–Kier alpha value is -0.820. The molecule has 0 aliphatic heterocycles. The lowest BCUT2D eigenvalue weighted by atomic mass is 9.84. The molecule has 0 bridgehead atoms. The lowest BCUT2D eigenvalue weighted by Gasteiger charge is -2.23. The third kappa shape index (κ3) is 4.80. The molecule has 0 heterocycles. The molecule has 0 amide bonds. The Kier molecular flexibility index (Phi) is 5.01. The maximum Gasteiger partial charge on any atom is 0.00171 e. The summed E-state index contributed by atoms with van der Waals surface area (Å²) in [6.07, 6.45) is 2.53. The first-order valence-electron chi connectivity index (χ1n) is 6.22. The van der Waals surface area contributed by atoms with Crippen molar-refractivity contribution < 1.29 is 0 Å². The molecule has 1 aromatic rings. The first kappa shape index (κ1) is 13.2. The molecule has 1 nitrogen and oxygen atoms in total. The Bertz CT molecular complexity index is 284. The first-order chi connectivity index (χ1) is 7.53. The van der Waals surface area contributed by atoms with Crippen LogP contribution < -0.4 is 5.32 Å². The lowest BCUT2D eigenvalue weighted by Crippen LogP contribution is -2.19. The summed E-state index contributed by atoms with van der Waals surface area (Å²) in [4.78, 5) is 0. The van der Waals surface area contributed by atoms with Gasteiger partial charge in [0.15, 0.2) is 0 Å². The number of benzene rings is 1. The number of nitrogens with one attached hydrogen (secondary N) is 1. The van der Waals surface area contributed by atoms with E-state index >= 15 is 0 Å². The fourth-order valence-electron chi connectivity index (χ4n) is 1.97. The van der Waals surface area contributed by atoms with Gasteiger partial charge in [0, 0.05) is 6.54 Å². The van der Waals surface area contributed by atoms with Gasteiger partial charge in [-0.3, -0.25) is 0 Å². The molecule has 1 unspecified atom stereocenters. The summed E-state index contributed by atoms with van der Waals surface area (Å²) in [6, 6.07) is 10.8. The number of hydrogen-bond donors (Lipinski definition) is 1. The van der Waals surface area contributed by atoms with Crippen LogP contribution in [0.25, 0.3) is 0 Å². The summed E-state index contributed by atoms with van der Waals surface area (Å²) < 4.78 is 0. The normalized spacial score (nSPS) is 13.8. The van der Waals surface area contributed by atoms with E-state index in [0.29, 0.717) is 11.3 Å². The molecule has 0 saturated heterocycles. The monoisotopic (exact) mass is 219 g/mol. The van der Waals surface area contributed by atoms with E-state index in [-0.39, 0.29) is 0 Å². The van der Waals surface area contributed by atoms with E-state index in [1.165, 1.54) is 18.4 Å². The Morgan fingerprint density at radius 1 is 1.12 bits per heavy atom. The van der Waals surface area contributed by atoms with Gasteiger partial charge in [0.05, 0.1) is 0 Å². The van der Waals surface area contributed by atoms with Crippen molar-refractivity contribution in [1.29, 1.82) is 0 Å². The molecule has 0 aromatic heterocycles. The van der Waals surface area contributed by atoms with Gasteiger partial charge in [-0.05, 0) is 36.8 Å². The van der Waals surface area contributed by atoms with Gasteiger partial charge in [0.25, 0.3) is 0 Å². The van der Waals surface area contributed by atoms with Crippen molar-refractivity contribution in [3.8, 4) is 0 Å². The molecule has 1 heteroatoms. The van der Waals surface area contributed by atoms with Crippen LogP contribution in [-0.4, -0.2) is 13.6 Å². The molecule has 0 saturated carbocycles. The van der Waals surface area contributed by atoms with Crippen molar-refractivity contribution in [2.24, 2.45) is 5.41 Å². The molecule has 0 aliphatic rings. The van der Waals surface area contributed by atoms with Gasteiger partial charge in [-0.1, -0.05) is 51.1 Å². The van der Waals surface area contributed by atoms with Gasteiger partial charge < -0.3 is 5.32 Å². The van der Waals surface area contributed by atoms with Crippen LogP contribution >= 0.6 is 0 Å². The fraction of sp³-hybridized carbons (Fsp3) is 0.600. The van der Waals surface area contributed by atoms with Crippen LogP contribution in [0.2, 0.25) is 0 Å². The van der Waals surface area contributed by atoms with E-state index in [2.05, 4.69) is 56.4 Å². The topological polar surface area (TPSA) is 12.0 Å². The van der Waals surface area contributed by atoms with Gasteiger partial charge in [0.1, 0.15) is 0 Å². The summed E-state index contributed by atoms with van der Waals surface area (Å²) in [5, 5.41) is 3.30. The third-order valence-electron chi connectivity index (χ3n) is 2.96. The Labute approximate surface area is 100 Å². The first-order valence-corrected chi connectivity index (χ1v) is 6.22. The van der Waals surface area contributed by atoms with Crippen molar-refractivity contribution in [3.05, 3.63) is 35.9 Å². The van der Waals surface area contributed by atoms with E-state index in [9.17, 15) is 0 Å². The maximum atomic E-state index is 3.30. The van der Waals surface area contributed by atoms with E-state index in [4.69, 9.17) is 0 Å². The smallest absolute Gasteiger partial charge is 0.00171 e. The standard InChI is InChI=1S/C15H25N/c1-15(2,3)11-10-14(12-16-4)13-8-6-5-7-9-13/h5-9,14,16H,10-12H2,1-4H3. The van der Waals surface area contributed by atoms with Gasteiger partial charge in [-0.15, -0.1) is 0 Å². The summed E-state index contributed by atoms with van der Waals surface area (Å²) in [7, 11) is 2.03. The van der Waals surface area contributed by atoms with E-state index in [1.807, 2.05) is 7.05 Å². The summed E-state index contributed by atoms with van der Waals surface area (Å²) >= 11 is 0. The van der Waals surface area contributed by atoms with Crippen molar-refractivity contribution in [2.75, 3.05) is 13.6 Å². The molecule has 1 atom stereocenters. The van der Waals surface area contributed by atoms with E-state index < -0.39 is 0 Å². The average molecular weight is 219 g/mol. The van der Waals surface area contributed by atoms with Crippen LogP contribution in [0.4, 0.5) is 0 Å². The van der Waals surface area contributed by atoms with E-state index in [0.717, 1.165) is 6.54 Å². The predicted octanol–water partition coefficient (Wildman–Crippen LogP) is 3.82. The Balaban J connectivity index is 2.61. The molecular formula is C15H25N. The minimum atomic E-state index is 0.431. The van der Waals surface area contributed by atoms with Crippen molar-refractivity contribution in [2.45, 2.75) is 39.5 Å². The highest BCUT2D eigenvalue weighted by Crippen LogP contribution is 2.28. The molecule has 1 aromatic carbocycles. The van der Waals surface area contributed by atoms with E-state index in [1.54, 1.807) is 0 Å². The highest BCUT2D eigenvalue weighted by atomic mass is 14.8. The second-order valence-electron chi connectivity index (χ2n) is 5.76. The number of rotatable bonds is 5. The van der Waals surface area contributed by atoms with Gasteiger partial charge in [0.2, 0.25) is 0 Å². The van der Waals surface area contributed by atoms with Gasteiger partial charge in [-0.25, -0.2) is 0 Å². The van der Waals surface area contributed by atoms with Crippen LogP contribution in [0.5, 0.6) is 0 Å². The Morgan fingerprint density at radius 3 is 2.25 bits per heavy atom. The highest BCUT2D eigenvalue weighted by molar-refractivity contribution is 5.19. The highest BCUT2D eigenvalue weighted by Gasteiger charge is 2.16. The van der Waals surface area contributed by atoms with Crippen LogP contribution in [0.1, 0.15) is 45.1 Å². The quantitative estimate of drug-likeness (QED) is 0.794. The fourth-order valence-corrected chi connectivity index (χ4v) is 1.97. The van der Waals surface area contributed by atoms with Crippen LogP contribution in [0.15, 0.2) is 30.3 Å². The van der Waals surface area contributed by atoms with Gasteiger partial charge >= 0.3 is 0 Å². The largest absolute Gasteiger partial charge is 0.319 e. The SMILES string of the molecule is CNCC(CCC(C)(C)C)c1ccccc1. The molecule has 90 valence electrons.